The minimum Gasteiger partial charge on any atom is -0.465 e. The molecule has 0 aromatic heterocycles. The Bertz CT molecular complexity index is 655. The molecule has 0 amide bonds. The Morgan fingerprint density at radius 3 is 2.58 bits per heavy atom. The van der Waals surface area contributed by atoms with Gasteiger partial charge in [0.25, 0.3) is 0 Å². The van der Waals surface area contributed by atoms with Crippen LogP contribution in [0.4, 0.5) is 0 Å². The van der Waals surface area contributed by atoms with Crippen LogP contribution in [0.2, 0.25) is 0 Å². The summed E-state index contributed by atoms with van der Waals surface area (Å²) in [7, 11) is 0. The van der Waals surface area contributed by atoms with Gasteiger partial charge in [-0.2, -0.15) is 0 Å². The van der Waals surface area contributed by atoms with E-state index in [1.165, 1.54) is 6.08 Å². The van der Waals surface area contributed by atoms with Gasteiger partial charge in [-0.25, -0.2) is 0 Å². The first-order valence-electron chi connectivity index (χ1n) is 7.47. The summed E-state index contributed by atoms with van der Waals surface area (Å²) in [5.74, 6) is -2.64. The van der Waals surface area contributed by atoms with E-state index in [0.717, 1.165) is 4.47 Å². The third kappa shape index (κ3) is 4.39. The van der Waals surface area contributed by atoms with Crippen molar-refractivity contribution in [2.75, 3.05) is 6.61 Å². The number of ether oxygens (including phenoxy) is 1. The van der Waals surface area contributed by atoms with Crippen LogP contribution < -0.4 is 0 Å². The Balaban J connectivity index is 2.37. The first kappa shape index (κ1) is 19.4. The summed E-state index contributed by atoms with van der Waals surface area (Å²) in [4.78, 5) is 24.7. The molecule has 0 spiro atoms. The molecule has 24 heavy (non-hydrogen) atoms. The minimum atomic E-state index is -1.38. The van der Waals surface area contributed by atoms with E-state index in [1.54, 1.807) is 31.2 Å². The van der Waals surface area contributed by atoms with Crippen molar-refractivity contribution in [1.29, 1.82) is 0 Å². The number of carbonyl (C=O) groups is 2. The summed E-state index contributed by atoms with van der Waals surface area (Å²) in [6.07, 6.45) is 1.40. The van der Waals surface area contributed by atoms with E-state index in [4.69, 9.17) is 27.9 Å². The number of carbonyl (C=O) groups excluding carboxylic acids is 2. The highest BCUT2D eigenvalue weighted by Gasteiger charge is 2.48. The molecular weight excluding hydrogens is 419 g/mol. The van der Waals surface area contributed by atoms with Crippen LogP contribution >= 0.6 is 39.1 Å². The van der Waals surface area contributed by atoms with Crippen molar-refractivity contribution >= 4 is 50.9 Å². The van der Waals surface area contributed by atoms with Crippen LogP contribution in [0.1, 0.15) is 25.3 Å². The molecular formula is C17H17BrCl2O4. The highest BCUT2D eigenvalue weighted by Crippen LogP contribution is 2.43. The highest BCUT2D eigenvalue weighted by molar-refractivity contribution is 9.10. The van der Waals surface area contributed by atoms with Gasteiger partial charge in [-0.15, -0.1) is 0 Å². The molecule has 1 aromatic carbocycles. The largest absolute Gasteiger partial charge is 0.465 e. The number of allylic oxidation sites excluding steroid dienone is 1. The monoisotopic (exact) mass is 434 g/mol. The van der Waals surface area contributed by atoms with Crippen molar-refractivity contribution in [3.8, 4) is 0 Å². The van der Waals surface area contributed by atoms with Crippen LogP contribution in [0.25, 0.3) is 0 Å². The molecule has 4 nitrogen and oxygen atoms in total. The molecule has 0 radical (unpaired) electrons. The van der Waals surface area contributed by atoms with E-state index in [1.807, 2.05) is 0 Å². The van der Waals surface area contributed by atoms with Gasteiger partial charge in [-0.3, -0.25) is 9.59 Å². The summed E-state index contributed by atoms with van der Waals surface area (Å²) in [5, 5.41) is 11.0. The first-order chi connectivity index (χ1) is 11.3. The molecule has 0 bridgehead atoms. The highest BCUT2D eigenvalue weighted by atomic mass is 79.9. The summed E-state index contributed by atoms with van der Waals surface area (Å²) < 4.78 is 5.80. The lowest BCUT2D eigenvalue weighted by molar-refractivity contribution is -0.159. The molecule has 0 unspecified atom stereocenters. The number of rotatable bonds is 4. The average Bonchev–Trinajstić information content (AvgIpc) is 2.46. The van der Waals surface area contributed by atoms with E-state index in [-0.39, 0.29) is 29.7 Å². The fourth-order valence-electron chi connectivity index (χ4n) is 3.05. The maximum atomic E-state index is 12.6. The number of aliphatic hydroxyl groups is 1. The molecule has 0 saturated heterocycles. The van der Waals surface area contributed by atoms with Crippen molar-refractivity contribution in [1.82, 2.24) is 0 Å². The van der Waals surface area contributed by atoms with Crippen molar-refractivity contribution < 1.29 is 19.4 Å². The van der Waals surface area contributed by atoms with Crippen LogP contribution in [-0.4, -0.2) is 23.5 Å². The summed E-state index contributed by atoms with van der Waals surface area (Å²) in [5.41, 5.74) is -0.781. The van der Waals surface area contributed by atoms with E-state index in [2.05, 4.69) is 15.9 Å². The number of halogens is 3. The normalized spacial score (nSPS) is 26.8. The van der Waals surface area contributed by atoms with Gasteiger partial charge >= 0.3 is 5.97 Å². The predicted molar refractivity (Wildman–Crippen MR) is 95.7 cm³/mol. The van der Waals surface area contributed by atoms with Crippen molar-refractivity contribution in [2.24, 2.45) is 11.8 Å². The van der Waals surface area contributed by atoms with Gasteiger partial charge in [-0.1, -0.05) is 51.3 Å². The van der Waals surface area contributed by atoms with Crippen LogP contribution in [0.5, 0.6) is 0 Å². The van der Waals surface area contributed by atoms with Crippen molar-refractivity contribution in [3.63, 3.8) is 0 Å². The number of hydrogen-bond donors (Lipinski definition) is 1. The number of benzene rings is 1. The second kappa shape index (κ2) is 8.00. The average molecular weight is 436 g/mol. The zero-order chi connectivity index (χ0) is 17.9. The fraction of sp³-hybridized carbons (Fsp3) is 0.412. The third-order valence-electron chi connectivity index (χ3n) is 4.08. The summed E-state index contributed by atoms with van der Waals surface area (Å²) in [6, 6.07) is 7.05. The van der Waals surface area contributed by atoms with Gasteiger partial charge in [0.15, 0.2) is 5.78 Å². The van der Waals surface area contributed by atoms with Crippen LogP contribution in [0.3, 0.4) is 0 Å². The Morgan fingerprint density at radius 2 is 2.04 bits per heavy atom. The molecule has 1 saturated carbocycles. The van der Waals surface area contributed by atoms with Crippen LogP contribution in [0, 0.1) is 11.8 Å². The number of esters is 1. The molecule has 1 fully saturated rings. The molecule has 1 N–H and O–H groups in total. The molecule has 3 atom stereocenters. The van der Waals surface area contributed by atoms with Crippen molar-refractivity contribution in [3.05, 3.63) is 44.9 Å². The Labute approximate surface area is 158 Å². The molecule has 0 aliphatic heterocycles. The van der Waals surface area contributed by atoms with E-state index >= 15 is 0 Å². The number of ketones is 1. The molecule has 1 aliphatic carbocycles. The first-order valence-corrected chi connectivity index (χ1v) is 9.02. The molecule has 0 heterocycles. The van der Waals surface area contributed by atoms with Gasteiger partial charge in [0.1, 0.15) is 10.4 Å². The maximum absolute atomic E-state index is 12.6. The van der Waals surface area contributed by atoms with Gasteiger partial charge in [0, 0.05) is 16.8 Å². The molecule has 1 aliphatic rings. The van der Waals surface area contributed by atoms with E-state index in [0.29, 0.717) is 5.56 Å². The zero-order valence-electron chi connectivity index (χ0n) is 13.0. The second-order valence-electron chi connectivity index (χ2n) is 5.74. The van der Waals surface area contributed by atoms with Gasteiger partial charge < -0.3 is 9.84 Å². The minimum absolute atomic E-state index is 0.0536. The molecule has 130 valence electrons. The molecule has 7 heteroatoms. The smallest absolute Gasteiger partial charge is 0.317 e. The topological polar surface area (TPSA) is 63.6 Å². The Hall–Kier alpha value is -0.880. The quantitative estimate of drug-likeness (QED) is 0.570. The molecule has 2 rings (SSSR count). The summed E-state index contributed by atoms with van der Waals surface area (Å²) in [6.45, 7) is 1.84. The summed E-state index contributed by atoms with van der Waals surface area (Å²) >= 11 is 14.8. The molecule has 1 aromatic rings. The standard InChI is InChI=1S/C17H17BrCl2O4/c1-2-24-16(22)15-10(7-14(19)20)8-17(23,9-13(15)21)11-3-5-12(18)6-4-11/h3-7,10,15,23H,2,8-9H2,1H3/t10-,15-,17-/m0/s1. The Kier molecular flexibility index (Phi) is 6.48. The second-order valence-corrected chi connectivity index (χ2v) is 7.66. The van der Waals surface area contributed by atoms with Crippen LogP contribution in [0.15, 0.2) is 39.3 Å². The van der Waals surface area contributed by atoms with Gasteiger partial charge in [-0.05, 0) is 37.1 Å². The van der Waals surface area contributed by atoms with Crippen molar-refractivity contribution in [2.45, 2.75) is 25.4 Å². The van der Waals surface area contributed by atoms with Gasteiger partial charge in [0.05, 0.1) is 12.2 Å². The van der Waals surface area contributed by atoms with Crippen LogP contribution in [-0.2, 0) is 19.9 Å². The maximum Gasteiger partial charge on any atom is 0.317 e. The van der Waals surface area contributed by atoms with E-state index in [9.17, 15) is 14.7 Å². The van der Waals surface area contributed by atoms with E-state index < -0.39 is 23.4 Å². The third-order valence-corrected chi connectivity index (χ3v) is 4.86. The predicted octanol–water partition coefficient (Wildman–Crippen LogP) is 4.11. The van der Waals surface area contributed by atoms with Gasteiger partial charge in [0.2, 0.25) is 0 Å². The fourth-order valence-corrected chi connectivity index (χ4v) is 3.64. The lowest BCUT2D eigenvalue weighted by Gasteiger charge is -2.38. The zero-order valence-corrected chi connectivity index (χ0v) is 16.1. The SMILES string of the molecule is CCOC(=O)[C@@H]1C(=O)C[C@](O)(c2ccc(Br)cc2)C[C@@H]1C=C(Cl)Cl. The number of hydrogen-bond acceptors (Lipinski definition) is 4. The Morgan fingerprint density at radius 1 is 1.42 bits per heavy atom. The lowest BCUT2D eigenvalue weighted by atomic mass is 9.68. The number of Topliss-reactive ketones (excluding diaryl/α,β-unsaturated/α-hetero) is 1. The lowest BCUT2D eigenvalue weighted by Crippen LogP contribution is -2.45.